The predicted octanol–water partition coefficient (Wildman–Crippen LogP) is 2.01. The van der Waals surface area contributed by atoms with E-state index in [0.29, 0.717) is 12.5 Å². The SMILES string of the molecule is FC1=CC2COCOC2C(CCl)=C1. The van der Waals surface area contributed by atoms with Crippen LogP contribution in [0.2, 0.25) is 0 Å². The first kappa shape index (κ1) is 9.19. The Labute approximate surface area is 81.0 Å². The summed E-state index contributed by atoms with van der Waals surface area (Å²) in [4.78, 5) is 0. The Bertz CT molecular complexity index is 262. The van der Waals surface area contributed by atoms with E-state index in [9.17, 15) is 4.39 Å². The second-order valence-corrected chi connectivity index (χ2v) is 3.41. The Morgan fingerprint density at radius 3 is 3.23 bits per heavy atom. The smallest absolute Gasteiger partial charge is 0.147 e. The quantitative estimate of drug-likeness (QED) is 0.609. The third kappa shape index (κ3) is 1.77. The molecule has 0 saturated carbocycles. The molecule has 0 radical (unpaired) electrons. The van der Waals surface area contributed by atoms with E-state index in [0.717, 1.165) is 5.57 Å². The molecule has 1 aliphatic heterocycles. The summed E-state index contributed by atoms with van der Waals surface area (Å²) in [6.07, 6.45) is 2.88. The van der Waals surface area contributed by atoms with Crippen molar-refractivity contribution in [3.63, 3.8) is 0 Å². The summed E-state index contributed by atoms with van der Waals surface area (Å²) in [5, 5.41) is 0. The second-order valence-electron chi connectivity index (χ2n) is 3.14. The van der Waals surface area contributed by atoms with E-state index in [1.54, 1.807) is 0 Å². The second kappa shape index (κ2) is 3.78. The highest BCUT2D eigenvalue weighted by molar-refractivity contribution is 6.19. The highest BCUT2D eigenvalue weighted by Crippen LogP contribution is 2.29. The van der Waals surface area contributed by atoms with Crippen LogP contribution >= 0.6 is 11.6 Å². The van der Waals surface area contributed by atoms with E-state index in [-0.39, 0.29) is 24.6 Å². The maximum Gasteiger partial charge on any atom is 0.147 e. The van der Waals surface area contributed by atoms with Gasteiger partial charge in [-0.05, 0) is 17.7 Å². The summed E-state index contributed by atoms with van der Waals surface area (Å²) in [5.74, 6) is 0.0427. The molecule has 0 N–H and O–H groups in total. The summed E-state index contributed by atoms with van der Waals surface area (Å²) in [5.41, 5.74) is 0.801. The van der Waals surface area contributed by atoms with Crippen LogP contribution in [0.3, 0.4) is 0 Å². The van der Waals surface area contributed by atoms with Crippen molar-refractivity contribution in [1.29, 1.82) is 0 Å². The Morgan fingerprint density at radius 2 is 2.46 bits per heavy atom. The minimum Gasteiger partial charge on any atom is -0.355 e. The molecule has 0 bridgehead atoms. The van der Waals surface area contributed by atoms with Gasteiger partial charge in [0.2, 0.25) is 0 Å². The highest BCUT2D eigenvalue weighted by atomic mass is 35.5. The number of ether oxygens (including phenoxy) is 2. The molecule has 0 spiro atoms. The van der Waals surface area contributed by atoms with Crippen molar-refractivity contribution in [2.75, 3.05) is 19.3 Å². The maximum absolute atomic E-state index is 13.0. The zero-order valence-electron chi connectivity index (χ0n) is 7.00. The molecule has 0 aromatic carbocycles. The van der Waals surface area contributed by atoms with E-state index in [1.165, 1.54) is 12.2 Å². The first-order valence-corrected chi connectivity index (χ1v) is 4.68. The molecule has 1 aliphatic carbocycles. The van der Waals surface area contributed by atoms with Crippen LogP contribution in [0.1, 0.15) is 0 Å². The van der Waals surface area contributed by atoms with Crippen molar-refractivity contribution in [1.82, 2.24) is 0 Å². The molecule has 2 aliphatic rings. The molecule has 0 amide bonds. The first-order valence-electron chi connectivity index (χ1n) is 4.14. The topological polar surface area (TPSA) is 18.5 Å². The van der Waals surface area contributed by atoms with Crippen LogP contribution in [-0.2, 0) is 9.47 Å². The lowest BCUT2D eigenvalue weighted by Crippen LogP contribution is -2.36. The van der Waals surface area contributed by atoms with Gasteiger partial charge in [-0.2, -0.15) is 0 Å². The lowest BCUT2D eigenvalue weighted by atomic mass is 9.91. The minimum absolute atomic E-state index is 0.0208. The Hall–Kier alpha value is -0.380. The molecule has 72 valence electrons. The summed E-state index contributed by atoms with van der Waals surface area (Å²) in [6.45, 7) is 0.775. The number of allylic oxidation sites excluding steroid dienone is 2. The van der Waals surface area contributed by atoms with E-state index in [1.807, 2.05) is 0 Å². The fourth-order valence-corrected chi connectivity index (χ4v) is 1.89. The highest BCUT2D eigenvalue weighted by Gasteiger charge is 2.31. The van der Waals surface area contributed by atoms with E-state index >= 15 is 0 Å². The van der Waals surface area contributed by atoms with E-state index in [2.05, 4.69) is 0 Å². The van der Waals surface area contributed by atoms with Gasteiger partial charge in [0.25, 0.3) is 0 Å². The maximum atomic E-state index is 13.0. The van der Waals surface area contributed by atoms with Gasteiger partial charge in [-0.1, -0.05) is 0 Å². The normalized spacial score (nSPS) is 33.4. The lowest BCUT2D eigenvalue weighted by molar-refractivity contribution is -0.147. The first-order chi connectivity index (χ1) is 6.31. The van der Waals surface area contributed by atoms with Crippen LogP contribution in [0.4, 0.5) is 4.39 Å². The molecule has 0 aromatic rings. The minimum atomic E-state index is -0.244. The Balaban J connectivity index is 2.21. The van der Waals surface area contributed by atoms with Crippen LogP contribution in [0, 0.1) is 5.92 Å². The summed E-state index contributed by atoms with van der Waals surface area (Å²) in [6, 6.07) is 0. The van der Waals surface area contributed by atoms with Gasteiger partial charge in [0.1, 0.15) is 12.6 Å². The molecule has 2 rings (SSSR count). The zero-order chi connectivity index (χ0) is 9.26. The number of halogens is 2. The fraction of sp³-hybridized carbons (Fsp3) is 0.556. The number of alkyl halides is 1. The average molecular weight is 205 g/mol. The van der Waals surface area contributed by atoms with Crippen LogP contribution in [-0.4, -0.2) is 25.4 Å². The molecule has 1 fully saturated rings. The Morgan fingerprint density at radius 1 is 1.62 bits per heavy atom. The number of rotatable bonds is 1. The van der Waals surface area contributed by atoms with E-state index < -0.39 is 0 Å². The molecule has 1 saturated heterocycles. The molecular formula is C9H10ClFO2. The molecule has 13 heavy (non-hydrogen) atoms. The number of fused-ring (bicyclic) bond motifs is 1. The van der Waals surface area contributed by atoms with Gasteiger partial charge in [0.15, 0.2) is 0 Å². The molecule has 2 nitrogen and oxygen atoms in total. The molecule has 0 aromatic heterocycles. The van der Waals surface area contributed by atoms with Gasteiger partial charge in [-0.15, -0.1) is 11.6 Å². The third-order valence-electron chi connectivity index (χ3n) is 2.25. The van der Waals surface area contributed by atoms with Gasteiger partial charge >= 0.3 is 0 Å². The van der Waals surface area contributed by atoms with Gasteiger partial charge in [-0.25, -0.2) is 4.39 Å². The largest absolute Gasteiger partial charge is 0.355 e. The van der Waals surface area contributed by atoms with Gasteiger partial charge < -0.3 is 9.47 Å². The van der Waals surface area contributed by atoms with Gasteiger partial charge in [-0.3, -0.25) is 0 Å². The molecular weight excluding hydrogens is 195 g/mol. The van der Waals surface area contributed by atoms with Gasteiger partial charge in [0, 0.05) is 11.8 Å². The van der Waals surface area contributed by atoms with Crippen LogP contribution in [0.25, 0.3) is 0 Å². The number of hydrogen-bond donors (Lipinski definition) is 0. The lowest BCUT2D eigenvalue weighted by Gasteiger charge is -2.33. The summed E-state index contributed by atoms with van der Waals surface area (Å²) >= 11 is 5.68. The molecule has 2 atom stereocenters. The summed E-state index contributed by atoms with van der Waals surface area (Å²) in [7, 11) is 0. The van der Waals surface area contributed by atoms with Crippen molar-refractivity contribution < 1.29 is 13.9 Å². The van der Waals surface area contributed by atoms with Gasteiger partial charge in [0.05, 0.1) is 12.7 Å². The zero-order valence-corrected chi connectivity index (χ0v) is 7.76. The summed E-state index contributed by atoms with van der Waals surface area (Å²) < 4.78 is 23.4. The monoisotopic (exact) mass is 204 g/mol. The fourth-order valence-electron chi connectivity index (χ4n) is 1.66. The van der Waals surface area contributed by atoms with Crippen molar-refractivity contribution >= 4 is 11.6 Å². The van der Waals surface area contributed by atoms with E-state index in [4.69, 9.17) is 21.1 Å². The molecule has 1 heterocycles. The van der Waals surface area contributed by atoms with Crippen LogP contribution < -0.4 is 0 Å². The van der Waals surface area contributed by atoms with Crippen LogP contribution in [0.5, 0.6) is 0 Å². The predicted molar refractivity (Wildman–Crippen MR) is 47.2 cm³/mol. The van der Waals surface area contributed by atoms with Crippen molar-refractivity contribution in [2.45, 2.75) is 6.10 Å². The third-order valence-corrected chi connectivity index (χ3v) is 2.56. The number of hydrogen-bond acceptors (Lipinski definition) is 2. The van der Waals surface area contributed by atoms with Crippen LogP contribution in [0.15, 0.2) is 23.6 Å². The Kier molecular flexibility index (Phi) is 2.67. The molecule has 4 heteroatoms. The molecule has 2 unspecified atom stereocenters. The standard InChI is InChI=1S/C9H10ClFO2/c10-3-6-1-8(11)2-7-4-12-5-13-9(6)7/h1-2,7,9H,3-5H2. The van der Waals surface area contributed by atoms with Crippen molar-refractivity contribution in [2.24, 2.45) is 5.92 Å². The van der Waals surface area contributed by atoms with Crippen molar-refractivity contribution in [3.8, 4) is 0 Å². The average Bonchev–Trinajstić information content (AvgIpc) is 2.16. The van der Waals surface area contributed by atoms with Crippen molar-refractivity contribution in [3.05, 3.63) is 23.6 Å².